The number of esters is 1. The van der Waals surface area contributed by atoms with Gasteiger partial charge in [-0.1, -0.05) is 12.1 Å². The van der Waals surface area contributed by atoms with Crippen molar-refractivity contribution in [1.82, 2.24) is 5.32 Å². The predicted octanol–water partition coefficient (Wildman–Crippen LogP) is 4.98. The molecule has 0 aromatic heterocycles. The van der Waals surface area contributed by atoms with Crippen LogP contribution in [0.2, 0.25) is 6.04 Å². The highest BCUT2D eigenvalue weighted by molar-refractivity contribution is 6.60. The molecule has 10 heteroatoms. The predicted molar refractivity (Wildman–Crippen MR) is 141 cm³/mol. The summed E-state index contributed by atoms with van der Waals surface area (Å²) in [6.45, 7) is 8.90. The highest BCUT2D eigenvalue weighted by atomic mass is 28.4. The van der Waals surface area contributed by atoms with Crippen molar-refractivity contribution in [3.8, 4) is 5.75 Å². The number of hydrogen-bond acceptors (Lipinski definition) is 8. The summed E-state index contributed by atoms with van der Waals surface area (Å²) in [5.74, 6) is 0.400. The van der Waals surface area contributed by atoms with Gasteiger partial charge >= 0.3 is 20.9 Å². The number of unbranched alkanes of at least 4 members (excludes halogenated alkanes) is 3. The number of carbonyl (C=O) groups excluding carboxylic acids is 2. The molecule has 0 fully saturated rings. The average Bonchev–Trinajstić information content (AvgIpc) is 2.88. The van der Waals surface area contributed by atoms with Crippen molar-refractivity contribution < 1.29 is 37.1 Å². The van der Waals surface area contributed by atoms with E-state index in [0.717, 1.165) is 37.0 Å². The van der Waals surface area contributed by atoms with Gasteiger partial charge in [0.1, 0.15) is 5.75 Å². The lowest BCUT2D eigenvalue weighted by atomic mass is 10.2. The van der Waals surface area contributed by atoms with Gasteiger partial charge in [0, 0.05) is 38.5 Å². The summed E-state index contributed by atoms with van der Waals surface area (Å²) < 4.78 is 33.0. The van der Waals surface area contributed by atoms with Crippen molar-refractivity contribution in [1.29, 1.82) is 0 Å². The zero-order chi connectivity index (χ0) is 26.5. The average molecular weight is 526 g/mol. The topological polar surface area (TPSA) is 102 Å². The highest BCUT2D eigenvalue weighted by Gasteiger charge is 2.39. The Kier molecular flexibility index (Phi) is 17.3. The summed E-state index contributed by atoms with van der Waals surface area (Å²) in [5, 5.41) is 2.78. The number of amides is 1. The molecular formula is C26H43NO8Si. The van der Waals surface area contributed by atoms with Crippen molar-refractivity contribution in [3.63, 3.8) is 0 Å². The number of rotatable bonds is 20. The highest BCUT2D eigenvalue weighted by Crippen LogP contribution is 2.18. The van der Waals surface area contributed by atoms with Crippen LogP contribution in [-0.2, 0) is 27.5 Å². The Morgan fingerprint density at radius 3 is 2.06 bits per heavy atom. The van der Waals surface area contributed by atoms with Crippen LogP contribution in [0.4, 0.5) is 4.79 Å². The molecule has 1 aromatic carbocycles. The molecule has 0 bridgehead atoms. The van der Waals surface area contributed by atoms with E-state index in [-0.39, 0.29) is 5.97 Å². The first kappa shape index (κ1) is 31.6. The van der Waals surface area contributed by atoms with E-state index in [1.54, 1.807) is 6.08 Å². The van der Waals surface area contributed by atoms with E-state index in [9.17, 15) is 9.59 Å². The molecule has 0 saturated carbocycles. The second-order valence-corrected chi connectivity index (χ2v) is 10.6. The molecule has 1 aromatic rings. The van der Waals surface area contributed by atoms with E-state index in [2.05, 4.69) is 10.1 Å². The number of ether oxygens (including phenoxy) is 3. The van der Waals surface area contributed by atoms with Crippen LogP contribution < -0.4 is 10.1 Å². The van der Waals surface area contributed by atoms with E-state index in [1.165, 1.54) is 13.2 Å². The van der Waals surface area contributed by atoms with Crippen molar-refractivity contribution >= 4 is 26.9 Å². The first-order valence-electron chi connectivity index (χ1n) is 12.8. The number of hydrogen-bond donors (Lipinski definition) is 1. The third kappa shape index (κ3) is 14.2. The maximum Gasteiger partial charge on any atom is 0.500 e. The number of benzene rings is 1. The lowest BCUT2D eigenvalue weighted by Crippen LogP contribution is -2.46. The van der Waals surface area contributed by atoms with Gasteiger partial charge in [0.05, 0.1) is 20.3 Å². The minimum Gasteiger partial charge on any atom is -0.494 e. The number of carbonyl (C=O) groups is 2. The van der Waals surface area contributed by atoms with Gasteiger partial charge in [0.15, 0.2) is 0 Å². The molecule has 0 spiro atoms. The Bertz CT molecular complexity index is 740. The molecule has 1 N–H and O–H groups in total. The molecule has 9 nitrogen and oxygen atoms in total. The van der Waals surface area contributed by atoms with Crippen LogP contribution in [0, 0.1) is 0 Å². The molecule has 0 atom stereocenters. The molecular weight excluding hydrogens is 482 g/mol. The Labute approximate surface area is 216 Å². The molecule has 0 aliphatic heterocycles. The van der Waals surface area contributed by atoms with Crippen LogP contribution >= 0.6 is 0 Å². The smallest absolute Gasteiger partial charge is 0.494 e. The van der Waals surface area contributed by atoms with Crippen LogP contribution in [0.3, 0.4) is 0 Å². The molecule has 0 aliphatic carbocycles. The van der Waals surface area contributed by atoms with Gasteiger partial charge in [-0.05, 0) is 76.6 Å². The summed E-state index contributed by atoms with van der Waals surface area (Å²) in [6, 6.07) is 8.16. The Morgan fingerprint density at radius 2 is 1.47 bits per heavy atom. The molecule has 0 saturated heterocycles. The second-order valence-electron chi connectivity index (χ2n) is 7.84. The lowest BCUT2D eigenvalue weighted by Gasteiger charge is -2.28. The fraction of sp³-hybridized carbons (Fsp3) is 0.615. The van der Waals surface area contributed by atoms with E-state index >= 15 is 0 Å². The zero-order valence-corrected chi connectivity index (χ0v) is 23.2. The van der Waals surface area contributed by atoms with Crippen LogP contribution in [0.15, 0.2) is 30.3 Å². The molecule has 0 aliphatic rings. The Hall–Kier alpha value is -2.40. The summed E-state index contributed by atoms with van der Waals surface area (Å²) in [6.07, 6.45) is 7.05. The quantitative estimate of drug-likeness (QED) is 0.110. The minimum atomic E-state index is -2.67. The van der Waals surface area contributed by atoms with Gasteiger partial charge < -0.3 is 32.8 Å². The SMILES string of the molecule is CCO[Si](CCCNC(=O)OCCCCCCOc1ccc(C=CC(=O)OC)cc1)(OCC)OCC. The number of alkyl carbamates (subject to hydrolysis) is 1. The van der Waals surface area contributed by atoms with Crippen LogP contribution in [0.1, 0.15) is 58.4 Å². The monoisotopic (exact) mass is 525 g/mol. The van der Waals surface area contributed by atoms with Gasteiger partial charge in [-0.25, -0.2) is 9.59 Å². The van der Waals surface area contributed by atoms with Gasteiger partial charge in [-0.3, -0.25) is 0 Å². The van der Waals surface area contributed by atoms with Crippen LogP contribution in [0.5, 0.6) is 5.75 Å². The third-order valence-electron chi connectivity index (χ3n) is 5.06. The van der Waals surface area contributed by atoms with Crippen LogP contribution in [0.25, 0.3) is 6.08 Å². The van der Waals surface area contributed by atoms with Gasteiger partial charge in [-0.15, -0.1) is 0 Å². The fourth-order valence-corrected chi connectivity index (χ4v) is 5.98. The van der Waals surface area contributed by atoms with E-state index in [0.29, 0.717) is 52.0 Å². The number of nitrogens with one attached hydrogen (secondary N) is 1. The molecule has 36 heavy (non-hydrogen) atoms. The molecule has 1 rings (SSSR count). The zero-order valence-electron chi connectivity index (χ0n) is 22.2. The first-order chi connectivity index (χ1) is 17.5. The minimum absolute atomic E-state index is 0.386. The van der Waals surface area contributed by atoms with Crippen molar-refractivity contribution in [3.05, 3.63) is 35.9 Å². The van der Waals surface area contributed by atoms with Gasteiger partial charge in [0.25, 0.3) is 0 Å². The largest absolute Gasteiger partial charge is 0.500 e. The lowest BCUT2D eigenvalue weighted by molar-refractivity contribution is -0.134. The van der Waals surface area contributed by atoms with Crippen molar-refractivity contribution in [2.24, 2.45) is 0 Å². The molecule has 1 amide bonds. The first-order valence-corrected chi connectivity index (χ1v) is 14.7. The van der Waals surface area contributed by atoms with Crippen molar-refractivity contribution in [2.45, 2.75) is 58.9 Å². The van der Waals surface area contributed by atoms with Crippen LogP contribution in [-0.4, -0.2) is 67.6 Å². The van der Waals surface area contributed by atoms with Gasteiger partial charge in [-0.2, -0.15) is 0 Å². The van der Waals surface area contributed by atoms with Gasteiger partial charge in [0.2, 0.25) is 0 Å². The Balaban J connectivity index is 2.09. The third-order valence-corrected chi connectivity index (χ3v) is 8.21. The molecule has 0 heterocycles. The maximum atomic E-state index is 11.9. The maximum absolute atomic E-state index is 11.9. The summed E-state index contributed by atoms with van der Waals surface area (Å²) in [7, 11) is -1.32. The van der Waals surface area contributed by atoms with E-state index < -0.39 is 14.9 Å². The summed E-state index contributed by atoms with van der Waals surface area (Å²) in [5.41, 5.74) is 0.897. The Morgan fingerprint density at radius 1 is 0.861 bits per heavy atom. The fourth-order valence-electron chi connectivity index (χ4n) is 3.37. The standard InChI is InChI=1S/C26H43NO8Si/c1-5-33-36(34-6-2,35-7-3)22-12-19-27-26(29)32-21-11-9-8-10-20-31-24-16-13-23(14-17-24)15-18-25(28)30-4/h13-18H,5-12,19-22H2,1-4H3,(H,27,29). The molecule has 0 unspecified atom stereocenters. The van der Waals surface area contributed by atoms with Crippen molar-refractivity contribution in [2.75, 3.05) is 46.7 Å². The summed E-state index contributed by atoms with van der Waals surface area (Å²) in [4.78, 5) is 23.0. The molecule has 204 valence electrons. The normalized spacial score (nSPS) is 11.4. The molecule has 0 radical (unpaired) electrons. The second kappa shape index (κ2) is 19.7. The summed E-state index contributed by atoms with van der Waals surface area (Å²) >= 11 is 0. The van der Waals surface area contributed by atoms with E-state index in [1.807, 2.05) is 45.0 Å². The number of methoxy groups -OCH3 is 1. The van der Waals surface area contributed by atoms with E-state index in [4.69, 9.17) is 22.8 Å².